The number of fused-ring (bicyclic) bond motifs is 1. The molecule has 76 valence electrons. The molecular formula is C10H12BN3S. The third-order valence-corrected chi connectivity index (χ3v) is 2.47. The molecule has 0 saturated heterocycles. The first-order chi connectivity index (χ1) is 7.08. The smallest absolute Gasteiger partial charge is 0.189 e. The van der Waals surface area contributed by atoms with E-state index in [0.29, 0.717) is 5.92 Å². The van der Waals surface area contributed by atoms with Gasteiger partial charge in [-0.2, -0.15) is 0 Å². The van der Waals surface area contributed by atoms with Crippen LogP contribution in [0.4, 0.5) is 0 Å². The molecule has 2 aromatic rings. The van der Waals surface area contributed by atoms with Crippen LogP contribution >= 0.6 is 12.6 Å². The van der Waals surface area contributed by atoms with E-state index in [1.54, 1.807) is 6.20 Å². The van der Waals surface area contributed by atoms with Gasteiger partial charge in [-0.25, -0.2) is 15.0 Å². The summed E-state index contributed by atoms with van der Waals surface area (Å²) >= 11 is 4.28. The SMILES string of the molecule is Bc1nc(C(C)C)c2cc(S)cnc2n1. The van der Waals surface area contributed by atoms with Crippen LogP contribution in [0.15, 0.2) is 17.2 Å². The Labute approximate surface area is 95.2 Å². The van der Waals surface area contributed by atoms with Crippen molar-refractivity contribution in [3.63, 3.8) is 0 Å². The number of pyridine rings is 1. The van der Waals surface area contributed by atoms with Crippen LogP contribution in [0, 0.1) is 0 Å². The highest BCUT2D eigenvalue weighted by Gasteiger charge is 2.09. The first-order valence-electron chi connectivity index (χ1n) is 4.91. The number of hydrogen-bond donors (Lipinski definition) is 1. The molecule has 2 rings (SSSR count). The third kappa shape index (κ3) is 1.97. The second kappa shape index (κ2) is 3.81. The van der Waals surface area contributed by atoms with Crippen molar-refractivity contribution >= 4 is 37.2 Å². The molecule has 0 aliphatic rings. The number of nitrogens with zero attached hydrogens (tertiary/aromatic N) is 3. The van der Waals surface area contributed by atoms with E-state index in [-0.39, 0.29) is 0 Å². The molecule has 0 fully saturated rings. The van der Waals surface area contributed by atoms with E-state index in [1.165, 1.54) is 0 Å². The largest absolute Gasteiger partial charge is 0.248 e. The molecule has 0 radical (unpaired) electrons. The average molecular weight is 217 g/mol. The summed E-state index contributed by atoms with van der Waals surface area (Å²) in [6.45, 7) is 4.23. The standard InChI is InChI=1S/C10H12BN3S/c1-5(2)8-7-3-6(15)4-12-9(7)14-10(11)13-8/h3-5,15H,11H2,1-2H3. The minimum absolute atomic E-state index is 0.367. The van der Waals surface area contributed by atoms with E-state index in [1.807, 2.05) is 13.9 Å². The van der Waals surface area contributed by atoms with E-state index >= 15 is 0 Å². The lowest BCUT2D eigenvalue weighted by Gasteiger charge is -2.09. The molecule has 15 heavy (non-hydrogen) atoms. The van der Waals surface area contributed by atoms with Gasteiger partial charge in [0.05, 0.1) is 11.4 Å². The van der Waals surface area contributed by atoms with Crippen molar-refractivity contribution in [3.05, 3.63) is 18.0 Å². The second-order valence-corrected chi connectivity index (χ2v) is 4.39. The van der Waals surface area contributed by atoms with E-state index in [4.69, 9.17) is 0 Å². The van der Waals surface area contributed by atoms with Crippen LogP contribution < -0.4 is 5.72 Å². The molecule has 3 nitrogen and oxygen atoms in total. The average Bonchev–Trinajstić information content (AvgIpc) is 2.17. The van der Waals surface area contributed by atoms with Gasteiger partial charge in [-0.3, -0.25) is 0 Å². The van der Waals surface area contributed by atoms with Gasteiger partial charge in [0.1, 0.15) is 0 Å². The molecule has 0 saturated carbocycles. The van der Waals surface area contributed by atoms with E-state index < -0.39 is 0 Å². The zero-order valence-electron chi connectivity index (χ0n) is 9.02. The Morgan fingerprint density at radius 2 is 2.07 bits per heavy atom. The Kier molecular flexibility index (Phi) is 2.65. The minimum Gasteiger partial charge on any atom is -0.248 e. The molecule has 0 aromatic carbocycles. The zero-order valence-corrected chi connectivity index (χ0v) is 9.92. The molecule has 0 spiro atoms. The van der Waals surface area contributed by atoms with Gasteiger partial charge in [0.15, 0.2) is 13.5 Å². The number of aromatic nitrogens is 3. The summed E-state index contributed by atoms with van der Waals surface area (Å²) < 4.78 is 0. The molecule has 0 aliphatic heterocycles. The normalized spacial score (nSPS) is 11.2. The van der Waals surface area contributed by atoms with Crippen molar-refractivity contribution in [3.8, 4) is 0 Å². The Morgan fingerprint density at radius 1 is 1.33 bits per heavy atom. The highest BCUT2D eigenvalue weighted by molar-refractivity contribution is 7.80. The molecule has 0 atom stereocenters. The van der Waals surface area contributed by atoms with Crippen LogP contribution in [0.2, 0.25) is 0 Å². The fourth-order valence-electron chi connectivity index (χ4n) is 1.58. The Hall–Kier alpha value is -1.10. The predicted octanol–water partition coefficient (Wildman–Crippen LogP) is 0.695. The highest BCUT2D eigenvalue weighted by Crippen LogP contribution is 2.21. The summed E-state index contributed by atoms with van der Waals surface area (Å²) in [6, 6.07) is 1.97. The summed E-state index contributed by atoms with van der Waals surface area (Å²) in [7, 11) is 1.89. The second-order valence-electron chi connectivity index (χ2n) is 3.88. The summed E-state index contributed by atoms with van der Waals surface area (Å²) in [6.07, 6.45) is 1.71. The fourth-order valence-corrected chi connectivity index (χ4v) is 1.76. The maximum atomic E-state index is 4.46. The lowest BCUT2D eigenvalue weighted by atomic mass is 10.0. The van der Waals surface area contributed by atoms with Crippen LogP contribution in [0.3, 0.4) is 0 Å². The van der Waals surface area contributed by atoms with Crippen LogP contribution in [0.5, 0.6) is 0 Å². The van der Waals surface area contributed by atoms with Gasteiger partial charge in [0, 0.05) is 16.5 Å². The Balaban J connectivity index is 2.81. The number of hydrogen-bond acceptors (Lipinski definition) is 4. The molecule has 0 amide bonds. The fraction of sp³-hybridized carbons (Fsp3) is 0.300. The monoisotopic (exact) mass is 217 g/mol. The zero-order chi connectivity index (χ0) is 11.0. The van der Waals surface area contributed by atoms with E-state index in [0.717, 1.165) is 27.3 Å². The summed E-state index contributed by atoms with van der Waals surface area (Å²) in [5.74, 6) is 0.367. The van der Waals surface area contributed by atoms with Crippen molar-refractivity contribution in [2.24, 2.45) is 0 Å². The maximum Gasteiger partial charge on any atom is 0.189 e. The Morgan fingerprint density at radius 3 is 2.73 bits per heavy atom. The van der Waals surface area contributed by atoms with Gasteiger partial charge in [0.2, 0.25) is 0 Å². The van der Waals surface area contributed by atoms with Crippen LogP contribution in [-0.2, 0) is 0 Å². The van der Waals surface area contributed by atoms with Gasteiger partial charge in [-0.05, 0) is 12.0 Å². The first-order valence-corrected chi connectivity index (χ1v) is 5.36. The van der Waals surface area contributed by atoms with Gasteiger partial charge < -0.3 is 0 Å². The molecule has 0 aliphatic carbocycles. The molecule has 0 N–H and O–H groups in total. The molecule has 5 heteroatoms. The summed E-state index contributed by atoms with van der Waals surface area (Å²) in [5.41, 5.74) is 2.57. The van der Waals surface area contributed by atoms with Gasteiger partial charge in [-0.15, -0.1) is 12.6 Å². The van der Waals surface area contributed by atoms with Gasteiger partial charge in [-0.1, -0.05) is 13.8 Å². The Bertz CT molecular complexity index is 513. The lowest BCUT2D eigenvalue weighted by molar-refractivity contribution is 0.833. The molecular weight excluding hydrogens is 205 g/mol. The quantitative estimate of drug-likeness (QED) is 0.564. The van der Waals surface area contributed by atoms with Gasteiger partial charge in [0.25, 0.3) is 0 Å². The minimum atomic E-state index is 0.367. The van der Waals surface area contributed by atoms with Crippen LogP contribution in [0.1, 0.15) is 25.5 Å². The highest BCUT2D eigenvalue weighted by atomic mass is 32.1. The molecule has 2 heterocycles. The summed E-state index contributed by atoms with van der Waals surface area (Å²) in [5, 5.41) is 1.00. The van der Waals surface area contributed by atoms with E-state index in [2.05, 4.69) is 41.4 Å². The van der Waals surface area contributed by atoms with Crippen LogP contribution in [0.25, 0.3) is 11.0 Å². The molecule has 2 aromatic heterocycles. The van der Waals surface area contributed by atoms with Crippen molar-refractivity contribution in [2.75, 3.05) is 0 Å². The van der Waals surface area contributed by atoms with Crippen molar-refractivity contribution < 1.29 is 0 Å². The maximum absolute atomic E-state index is 4.46. The third-order valence-electron chi connectivity index (χ3n) is 2.23. The predicted molar refractivity (Wildman–Crippen MR) is 66.9 cm³/mol. The number of rotatable bonds is 1. The van der Waals surface area contributed by atoms with Crippen molar-refractivity contribution in [1.82, 2.24) is 15.0 Å². The molecule has 0 unspecified atom stereocenters. The lowest BCUT2D eigenvalue weighted by Crippen LogP contribution is -2.17. The van der Waals surface area contributed by atoms with Crippen molar-refractivity contribution in [1.29, 1.82) is 0 Å². The first kappa shape index (κ1) is 10.4. The molecule has 0 bridgehead atoms. The van der Waals surface area contributed by atoms with Crippen LogP contribution in [-0.4, -0.2) is 22.8 Å². The van der Waals surface area contributed by atoms with E-state index in [9.17, 15) is 0 Å². The van der Waals surface area contributed by atoms with Gasteiger partial charge >= 0.3 is 0 Å². The topological polar surface area (TPSA) is 38.7 Å². The van der Waals surface area contributed by atoms with Crippen molar-refractivity contribution in [2.45, 2.75) is 24.7 Å². The number of thiol groups is 1. The summed E-state index contributed by atoms with van der Waals surface area (Å²) in [4.78, 5) is 13.9.